The molecule has 0 radical (unpaired) electrons. The van der Waals surface area contributed by atoms with E-state index in [1.165, 1.54) is 34.4 Å². The first-order valence-corrected chi connectivity index (χ1v) is 10.2. The van der Waals surface area contributed by atoms with Crippen LogP contribution in [-0.4, -0.2) is 27.5 Å². The van der Waals surface area contributed by atoms with E-state index < -0.39 is 0 Å². The number of aromatic nitrogens is 2. The van der Waals surface area contributed by atoms with Gasteiger partial charge in [-0.1, -0.05) is 25.6 Å². The van der Waals surface area contributed by atoms with Crippen molar-refractivity contribution in [3.05, 3.63) is 29.8 Å². The lowest BCUT2D eigenvalue weighted by atomic mass is 10.2. The van der Waals surface area contributed by atoms with Gasteiger partial charge in [0.05, 0.1) is 16.0 Å². The number of hydrogen-bond donors (Lipinski definition) is 2. The van der Waals surface area contributed by atoms with Gasteiger partial charge in [0.1, 0.15) is 0 Å². The summed E-state index contributed by atoms with van der Waals surface area (Å²) in [4.78, 5) is 32.2. The summed E-state index contributed by atoms with van der Waals surface area (Å²) in [5.41, 5.74) is 1.61. The first kappa shape index (κ1) is 17.8. The summed E-state index contributed by atoms with van der Waals surface area (Å²) in [6.45, 7) is 3.71. The first-order valence-electron chi connectivity index (χ1n) is 7.55. The van der Waals surface area contributed by atoms with Crippen LogP contribution in [0.2, 0.25) is 0 Å². The highest BCUT2D eigenvalue weighted by atomic mass is 32.2. The minimum atomic E-state index is -0.107. The summed E-state index contributed by atoms with van der Waals surface area (Å²) < 4.78 is 1.79. The third-order valence-corrected chi connectivity index (χ3v) is 6.02. The molecule has 0 aliphatic carbocycles. The molecule has 0 spiro atoms. The van der Waals surface area contributed by atoms with E-state index in [9.17, 15) is 9.59 Å². The average Bonchev–Trinajstić information content (AvgIpc) is 3.21. The molecule has 130 valence electrons. The monoisotopic (exact) mass is 392 g/mol. The zero-order valence-corrected chi connectivity index (χ0v) is 16.1. The molecule has 3 rings (SSSR count). The van der Waals surface area contributed by atoms with Crippen LogP contribution in [0.15, 0.2) is 34.1 Å². The summed E-state index contributed by atoms with van der Waals surface area (Å²) in [5, 5.41) is 8.03. The Bertz CT molecular complexity index is 890. The smallest absolute Gasteiger partial charge is 0.236 e. The number of fused-ring (bicyclic) bond motifs is 1. The van der Waals surface area contributed by atoms with E-state index >= 15 is 0 Å². The van der Waals surface area contributed by atoms with Crippen LogP contribution in [0.5, 0.6) is 0 Å². The van der Waals surface area contributed by atoms with E-state index in [-0.39, 0.29) is 23.5 Å². The lowest BCUT2D eigenvalue weighted by Gasteiger charge is -2.06. The maximum absolute atomic E-state index is 11.9. The Hall–Kier alpha value is -1.97. The van der Waals surface area contributed by atoms with Gasteiger partial charge in [-0.15, -0.1) is 22.7 Å². The zero-order chi connectivity index (χ0) is 17.8. The number of nitrogens with zero attached hydrogens (tertiary/aromatic N) is 2. The molecule has 0 unspecified atom stereocenters. The minimum absolute atomic E-state index is 0.0164. The summed E-state index contributed by atoms with van der Waals surface area (Å²) in [6.07, 6.45) is 1.65. The van der Waals surface area contributed by atoms with Gasteiger partial charge in [-0.05, 0) is 18.2 Å². The molecule has 2 aromatic heterocycles. The SMILES string of the molecule is CC(C)C(=O)Nc1ccc2nc(SCC(=O)Nc3nccs3)sc2c1. The topological polar surface area (TPSA) is 84.0 Å². The van der Waals surface area contributed by atoms with Crippen LogP contribution >= 0.6 is 34.4 Å². The molecule has 0 bridgehead atoms. The van der Waals surface area contributed by atoms with E-state index in [0.717, 1.165) is 20.2 Å². The number of nitrogens with one attached hydrogen (secondary N) is 2. The molecule has 2 N–H and O–H groups in total. The van der Waals surface area contributed by atoms with Crippen LogP contribution in [0, 0.1) is 5.92 Å². The van der Waals surface area contributed by atoms with E-state index in [1.54, 1.807) is 6.20 Å². The Morgan fingerprint density at radius 2 is 2.12 bits per heavy atom. The molecule has 1 aromatic carbocycles. The van der Waals surface area contributed by atoms with Gasteiger partial charge in [0.25, 0.3) is 0 Å². The lowest BCUT2D eigenvalue weighted by Crippen LogP contribution is -2.17. The van der Waals surface area contributed by atoms with Crippen LogP contribution in [0.3, 0.4) is 0 Å². The normalized spacial score (nSPS) is 11.0. The highest BCUT2D eigenvalue weighted by Gasteiger charge is 2.11. The Morgan fingerprint density at radius 1 is 1.28 bits per heavy atom. The van der Waals surface area contributed by atoms with Gasteiger partial charge in [0, 0.05) is 23.2 Å². The summed E-state index contributed by atoms with van der Waals surface area (Å²) in [5.74, 6) is 0.0807. The van der Waals surface area contributed by atoms with Crippen molar-refractivity contribution in [2.24, 2.45) is 5.92 Å². The van der Waals surface area contributed by atoms with Crippen LogP contribution in [0.1, 0.15) is 13.8 Å². The Labute approximate surface area is 157 Å². The molecule has 25 heavy (non-hydrogen) atoms. The highest BCUT2D eigenvalue weighted by molar-refractivity contribution is 8.01. The second kappa shape index (κ2) is 7.94. The number of benzene rings is 1. The standard InChI is InChI=1S/C16H16N4O2S3/c1-9(2)14(22)18-10-3-4-11-12(7-10)25-16(19-11)24-8-13(21)20-15-17-5-6-23-15/h3-7,9H,8H2,1-2H3,(H,18,22)(H,17,20,21). The molecule has 3 aromatic rings. The molecule has 0 aliphatic rings. The third-order valence-electron chi connectivity index (χ3n) is 3.17. The quantitative estimate of drug-likeness (QED) is 0.618. The van der Waals surface area contributed by atoms with E-state index in [0.29, 0.717) is 5.13 Å². The number of thioether (sulfide) groups is 1. The van der Waals surface area contributed by atoms with E-state index in [2.05, 4.69) is 20.6 Å². The average molecular weight is 393 g/mol. The summed E-state index contributed by atoms with van der Waals surface area (Å²) in [6, 6.07) is 5.63. The van der Waals surface area contributed by atoms with Crippen LogP contribution < -0.4 is 10.6 Å². The number of amides is 2. The second-order valence-electron chi connectivity index (χ2n) is 5.48. The summed E-state index contributed by atoms with van der Waals surface area (Å²) >= 11 is 4.28. The Morgan fingerprint density at radius 3 is 2.84 bits per heavy atom. The third kappa shape index (κ3) is 4.77. The van der Waals surface area contributed by atoms with Crippen molar-refractivity contribution in [3.63, 3.8) is 0 Å². The molecule has 2 amide bonds. The van der Waals surface area contributed by atoms with Gasteiger partial charge in [-0.2, -0.15) is 0 Å². The number of carbonyl (C=O) groups excluding carboxylic acids is 2. The molecule has 0 fully saturated rings. The molecule has 0 aliphatic heterocycles. The van der Waals surface area contributed by atoms with Gasteiger partial charge in [-0.25, -0.2) is 9.97 Å². The molecule has 6 nitrogen and oxygen atoms in total. The molecular weight excluding hydrogens is 376 g/mol. The first-order chi connectivity index (χ1) is 12.0. The van der Waals surface area contributed by atoms with Crippen molar-refractivity contribution < 1.29 is 9.59 Å². The fourth-order valence-electron chi connectivity index (χ4n) is 1.90. The summed E-state index contributed by atoms with van der Waals surface area (Å²) in [7, 11) is 0. The van der Waals surface area contributed by atoms with Crippen molar-refractivity contribution in [2.45, 2.75) is 18.2 Å². The minimum Gasteiger partial charge on any atom is -0.326 e. The Kier molecular flexibility index (Phi) is 5.67. The van der Waals surface area contributed by atoms with Gasteiger partial charge in [0.15, 0.2) is 9.47 Å². The van der Waals surface area contributed by atoms with Gasteiger partial charge < -0.3 is 10.6 Å². The molecular formula is C16H16N4O2S3. The predicted octanol–water partition coefficient (Wildman–Crippen LogP) is 4.08. The fraction of sp³-hybridized carbons (Fsp3) is 0.250. The molecule has 9 heteroatoms. The number of anilines is 2. The zero-order valence-electron chi connectivity index (χ0n) is 13.6. The number of rotatable bonds is 6. The van der Waals surface area contributed by atoms with Crippen molar-refractivity contribution in [2.75, 3.05) is 16.4 Å². The largest absolute Gasteiger partial charge is 0.326 e. The van der Waals surface area contributed by atoms with Gasteiger partial charge in [-0.3, -0.25) is 9.59 Å². The number of hydrogen-bond acceptors (Lipinski definition) is 7. The molecule has 0 saturated heterocycles. The molecule has 0 atom stereocenters. The predicted molar refractivity (Wildman–Crippen MR) is 105 cm³/mol. The van der Waals surface area contributed by atoms with Crippen molar-refractivity contribution in [1.82, 2.24) is 9.97 Å². The van der Waals surface area contributed by atoms with Crippen LogP contribution in [-0.2, 0) is 9.59 Å². The molecule has 0 saturated carbocycles. The van der Waals surface area contributed by atoms with Gasteiger partial charge >= 0.3 is 0 Å². The fourth-order valence-corrected chi connectivity index (χ4v) is 4.35. The van der Waals surface area contributed by atoms with E-state index in [4.69, 9.17) is 0 Å². The van der Waals surface area contributed by atoms with Crippen molar-refractivity contribution in [1.29, 1.82) is 0 Å². The molecule has 2 heterocycles. The van der Waals surface area contributed by atoms with Crippen molar-refractivity contribution in [3.8, 4) is 0 Å². The Balaban J connectivity index is 1.62. The van der Waals surface area contributed by atoms with Crippen LogP contribution in [0.25, 0.3) is 10.2 Å². The van der Waals surface area contributed by atoms with Gasteiger partial charge in [0.2, 0.25) is 11.8 Å². The van der Waals surface area contributed by atoms with Crippen molar-refractivity contribution >= 4 is 67.3 Å². The van der Waals surface area contributed by atoms with E-state index in [1.807, 2.05) is 37.4 Å². The maximum Gasteiger partial charge on any atom is 0.236 e. The lowest BCUT2D eigenvalue weighted by molar-refractivity contribution is -0.119. The number of carbonyl (C=O) groups is 2. The maximum atomic E-state index is 11.9. The number of thiazole rings is 2. The second-order valence-corrected chi connectivity index (χ2v) is 8.63. The highest BCUT2D eigenvalue weighted by Crippen LogP contribution is 2.31. The van der Waals surface area contributed by atoms with Crippen LogP contribution in [0.4, 0.5) is 10.8 Å².